The number of rotatable bonds is 4. The molecular formula is C10H10BrN5O2. The molecule has 94 valence electrons. The molecule has 2 aromatic heterocycles. The zero-order valence-electron chi connectivity index (χ0n) is 9.48. The van der Waals surface area contributed by atoms with Crippen LogP contribution in [-0.4, -0.2) is 32.7 Å². The molecule has 8 heteroatoms. The van der Waals surface area contributed by atoms with Gasteiger partial charge in [0.1, 0.15) is 10.3 Å². The Kier molecular flexibility index (Phi) is 3.88. The largest absolute Gasteiger partial charge is 0.463 e. The molecule has 0 saturated carbocycles. The molecule has 7 nitrogen and oxygen atoms in total. The third-order valence-electron chi connectivity index (χ3n) is 1.92. The number of nitrogens with one attached hydrogen (secondary N) is 2. The van der Waals surface area contributed by atoms with Gasteiger partial charge in [0, 0.05) is 0 Å². The third kappa shape index (κ3) is 3.04. The van der Waals surface area contributed by atoms with Crippen LogP contribution in [0.15, 0.2) is 22.8 Å². The maximum atomic E-state index is 11.8. The van der Waals surface area contributed by atoms with Crippen molar-refractivity contribution in [1.82, 2.24) is 20.2 Å². The second-order valence-corrected chi connectivity index (χ2v) is 4.01. The van der Waals surface area contributed by atoms with Crippen LogP contribution in [0.3, 0.4) is 0 Å². The lowest BCUT2D eigenvalue weighted by molar-refractivity contribution is 0.102. The summed E-state index contributed by atoms with van der Waals surface area (Å²) in [5.41, 5.74) is 0.277. The van der Waals surface area contributed by atoms with Gasteiger partial charge >= 0.3 is 6.01 Å². The number of nitrogens with zero attached hydrogens (tertiary/aromatic N) is 3. The van der Waals surface area contributed by atoms with Crippen molar-refractivity contribution >= 4 is 27.8 Å². The molecule has 0 aliphatic rings. The average Bonchev–Trinajstić information content (AvgIpc) is 2.77. The van der Waals surface area contributed by atoms with E-state index in [1.165, 1.54) is 0 Å². The van der Waals surface area contributed by atoms with E-state index in [9.17, 15) is 4.79 Å². The number of amides is 1. The zero-order valence-corrected chi connectivity index (χ0v) is 11.1. The van der Waals surface area contributed by atoms with Crippen LogP contribution in [0.25, 0.3) is 0 Å². The van der Waals surface area contributed by atoms with E-state index in [2.05, 4.69) is 41.4 Å². The van der Waals surface area contributed by atoms with E-state index in [1.807, 2.05) is 6.92 Å². The zero-order chi connectivity index (χ0) is 13.0. The Morgan fingerprint density at radius 2 is 2.33 bits per heavy atom. The first-order chi connectivity index (χ1) is 8.69. The Morgan fingerprint density at radius 3 is 3.06 bits per heavy atom. The highest BCUT2D eigenvalue weighted by Gasteiger charge is 2.11. The number of pyridine rings is 1. The highest BCUT2D eigenvalue weighted by atomic mass is 79.9. The van der Waals surface area contributed by atoms with Crippen LogP contribution in [0.4, 0.5) is 5.95 Å². The van der Waals surface area contributed by atoms with Gasteiger partial charge in [0.2, 0.25) is 5.95 Å². The highest BCUT2D eigenvalue weighted by molar-refractivity contribution is 9.10. The van der Waals surface area contributed by atoms with Gasteiger partial charge in [-0.3, -0.25) is 10.1 Å². The number of carbonyl (C=O) groups excluding carboxylic acids is 1. The summed E-state index contributed by atoms with van der Waals surface area (Å²) in [5, 5.41) is 8.85. The molecule has 0 atom stereocenters. The first kappa shape index (κ1) is 12.5. The lowest BCUT2D eigenvalue weighted by Gasteiger charge is -2.00. The third-order valence-corrected chi connectivity index (χ3v) is 2.36. The molecule has 0 aliphatic heterocycles. The molecule has 0 aliphatic carbocycles. The molecular weight excluding hydrogens is 302 g/mol. The number of ether oxygens (including phenoxy) is 1. The van der Waals surface area contributed by atoms with Crippen LogP contribution in [0.1, 0.15) is 17.4 Å². The van der Waals surface area contributed by atoms with Crippen LogP contribution in [-0.2, 0) is 0 Å². The van der Waals surface area contributed by atoms with Gasteiger partial charge in [0.25, 0.3) is 5.91 Å². The topological polar surface area (TPSA) is 92.8 Å². The molecule has 1 amide bonds. The van der Waals surface area contributed by atoms with Crippen LogP contribution >= 0.6 is 15.9 Å². The number of hydrogen-bond donors (Lipinski definition) is 2. The molecule has 0 radical (unpaired) electrons. The van der Waals surface area contributed by atoms with E-state index < -0.39 is 0 Å². The maximum Gasteiger partial charge on any atom is 0.337 e. The van der Waals surface area contributed by atoms with E-state index in [0.717, 1.165) is 0 Å². The Morgan fingerprint density at radius 1 is 1.50 bits per heavy atom. The normalized spacial score (nSPS) is 10.1. The molecule has 0 bridgehead atoms. The average molecular weight is 312 g/mol. The van der Waals surface area contributed by atoms with Gasteiger partial charge in [-0.1, -0.05) is 6.07 Å². The Balaban J connectivity index is 2.06. The minimum absolute atomic E-state index is 0.190. The first-order valence-corrected chi connectivity index (χ1v) is 5.97. The fraction of sp³-hybridized carbons (Fsp3) is 0.200. The summed E-state index contributed by atoms with van der Waals surface area (Å²) in [7, 11) is 0. The van der Waals surface area contributed by atoms with Gasteiger partial charge in [-0.05, 0) is 35.0 Å². The van der Waals surface area contributed by atoms with Gasteiger partial charge in [0.15, 0.2) is 0 Å². The summed E-state index contributed by atoms with van der Waals surface area (Å²) in [6.07, 6.45) is 0. The molecule has 18 heavy (non-hydrogen) atoms. The number of aromatic amines is 1. The number of aromatic nitrogens is 4. The molecule has 2 heterocycles. The predicted octanol–water partition coefficient (Wildman–Crippen LogP) is 1.61. The summed E-state index contributed by atoms with van der Waals surface area (Å²) in [6, 6.07) is 5.24. The molecule has 0 aromatic carbocycles. The second-order valence-electron chi connectivity index (χ2n) is 3.20. The summed E-state index contributed by atoms with van der Waals surface area (Å²) >= 11 is 3.19. The van der Waals surface area contributed by atoms with Gasteiger partial charge in [-0.2, -0.15) is 4.98 Å². The van der Waals surface area contributed by atoms with Gasteiger partial charge < -0.3 is 4.74 Å². The number of hydrogen-bond acceptors (Lipinski definition) is 5. The van der Waals surface area contributed by atoms with Crippen LogP contribution in [0, 0.1) is 0 Å². The fourth-order valence-corrected chi connectivity index (χ4v) is 1.55. The Labute approximate surface area is 111 Å². The second kappa shape index (κ2) is 5.58. The minimum Gasteiger partial charge on any atom is -0.463 e. The van der Waals surface area contributed by atoms with Crippen molar-refractivity contribution in [1.29, 1.82) is 0 Å². The van der Waals surface area contributed by atoms with Gasteiger partial charge in [0.05, 0.1) is 6.61 Å². The number of carbonyl (C=O) groups is 1. The monoisotopic (exact) mass is 311 g/mol. The molecule has 2 N–H and O–H groups in total. The van der Waals surface area contributed by atoms with Gasteiger partial charge in [-0.25, -0.2) is 10.1 Å². The SMILES string of the molecule is CCOc1n[nH]c(NC(=O)c2cccc(Br)n2)n1. The van der Waals surface area contributed by atoms with Crippen LogP contribution in [0.2, 0.25) is 0 Å². The lowest BCUT2D eigenvalue weighted by Crippen LogP contribution is -2.14. The maximum absolute atomic E-state index is 11.8. The number of halogens is 1. The predicted molar refractivity (Wildman–Crippen MR) is 67.4 cm³/mol. The Hall–Kier alpha value is -1.96. The van der Waals surface area contributed by atoms with E-state index >= 15 is 0 Å². The minimum atomic E-state index is -0.379. The molecule has 0 unspecified atom stereocenters. The van der Waals surface area contributed by atoms with Crippen molar-refractivity contribution in [3.63, 3.8) is 0 Å². The molecule has 0 fully saturated rings. The summed E-state index contributed by atoms with van der Waals surface area (Å²) in [6.45, 7) is 2.28. The lowest BCUT2D eigenvalue weighted by atomic mass is 10.3. The quantitative estimate of drug-likeness (QED) is 0.837. The highest BCUT2D eigenvalue weighted by Crippen LogP contribution is 2.09. The standard InChI is InChI=1S/C10H10BrN5O2/c1-2-18-10-14-9(15-16-10)13-8(17)6-4-3-5-7(11)12-6/h3-5H,2H2,1H3,(H2,13,14,15,16,17). The molecule has 0 saturated heterocycles. The van der Waals surface area contributed by atoms with Crippen molar-refractivity contribution in [2.24, 2.45) is 0 Å². The van der Waals surface area contributed by atoms with Crippen molar-refractivity contribution < 1.29 is 9.53 Å². The first-order valence-electron chi connectivity index (χ1n) is 5.18. The van der Waals surface area contributed by atoms with E-state index in [0.29, 0.717) is 11.2 Å². The molecule has 2 aromatic rings. The molecule has 2 rings (SSSR count). The van der Waals surface area contributed by atoms with E-state index in [-0.39, 0.29) is 23.6 Å². The fourth-order valence-electron chi connectivity index (χ4n) is 1.20. The summed E-state index contributed by atoms with van der Waals surface area (Å²) in [4.78, 5) is 19.8. The van der Waals surface area contributed by atoms with Crippen LogP contribution < -0.4 is 10.1 Å². The van der Waals surface area contributed by atoms with Gasteiger partial charge in [-0.15, -0.1) is 5.10 Å². The Bertz CT molecular complexity index is 557. The van der Waals surface area contributed by atoms with Crippen LogP contribution in [0.5, 0.6) is 6.01 Å². The van der Waals surface area contributed by atoms with Crippen molar-refractivity contribution in [2.45, 2.75) is 6.92 Å². The summed E-state index contributed by atoms with van der Waals surface area (Å²) in [5.74, 6) is -0.166. The molecule has 0 spiro atoms. The van der Waals surface area contributed by atoms with E-state index in [1.54, 1.807) is 18.2 Å². The van der Waals surface area contributed by atoms with Crippen molar-refractivity contribution in [3.8, 4) is 6.01 Å². The number of anilines is 1. The summed E-state index contributed by atoms with van der Waals surface area (Å²) < 4.78 is 5.65. The van der Waals surface area contributed by atoms with Crippen molar-refractivity contribution in [2.75, 3.05) is 11.9 Å². The smallest absolute Gasteiger partial charge is 0.337 e. The number of H-pyrrole nitrogens is 1. The van der Waals surface area contributed by atoms with E-state index in [4.69, 9.17) is 4.74 Å². The van der Waals surface area contributed by atoms with Crippen molar-refractivity contribution in [3.05, 3.63) is 28.5 Å².